The van der Waals surface area contributed by atoms with Gasteiger partial charge in [0.1, 0.15) is 0 Å². The Morgan fingerprint density at radius 1 is 1.25 bits per heavy atom. The van der Waals surface area contributed by atoms with E-state index in [1.165, 1.54) is 0 Å². The first kappa shape index (κ1) is 7.16. The molecule has 0 unspecified atom stereocenters. The van der Waals surface area contributed by atoms with Gasteiger partial charge in [0.05, 0.1) is 6.42 Å². The maximum absolute atomic E-state index is 10.0. The number of para-hydroxylation sites is 2. The van der Waals surface area contributed by atoms with Gasteiger partial charge < -0.3 is 9.47 Å². The van der Waals surface area contributed by atoms with Gasteiger partial charge in [0.2, 0.25) is 12.6 Å². The van der Waals surface area contributed by atoms with Gasteiger partial charge in [-0.05, 0) is 12.1 Å². The van der Waals surface area contributed by atoms with Crippen molar-refractivity contribution in [2.75, 3.05) is 0 Å². The van der Waals surface area contributed by atoms with Crippen LogP contribution in [0.3, 0.4) is 0 Å². The molecule has 0 saturated heterocycles. The lowest BCUT2D eigenvalue weighted by atomic mass is 10.3. The minimum atomic E-state index is -0.486. The molecule has 1 aromatic rings. The molecular formula is C9H7O3. The number of fused-ring (bicyclic) bond motifs is 1. The first-order valence-corrected chi connectivity index (χ1v) is 3.67. The predicted molar refractivity (Wildman–Crippen MR) is 41.8 cm³/mol. The van der Waals surface area contributed by atoms with E-state index in [0.29, 0.717) is 11.5 Å². The molecule has 0 amide bonds. The molecule has 0 N–H and O–H groups in total. The van der Waals surface area contributed by atoms with Crippen LogP contribution in [-0.2, 0) is 4.79 Å². The van der Waals surface area contributed by atoms with E-state index in [0.717, 1.165) is 0 Å². The number of carbonyl (C=O) groups excluding carboxylic acids is 1. The Bertz CT molecular complexity index is 271. The summed E-state index contributed by atoms with van der Waals surface area (Å²) in [5, 5.41) is 0. The van der Waals surface area contributed by atoms with Crippen molar-refractivity contribution in [2.45, 2.75) is 12.7 Å². The monoisotopic (exact) mass is 163 g/mol. The van der Waals surface area contributed by atoms with Crippen LogP contribution in [0.2, 0.25) is 0 Å². The second-order valence-electron chi connectivity index (χ2n) is 2.46. The van der Waals surface area contributed by atoms with Crippen molar-refractivity contribution in [2.24, 2.45) is 0 Å². The van der Waals surface area contributed by atoms with Gasteiger partial charge in [-0.2, -0.15) is 0 Å². The minimum absolute atomic E-state index is 0.147. The molecule has 1 heterocycles. The van der Waals surface area contributed by atoms with E-state index in [1.54, 1.807) is 18.4 Å². The molecule has 0 aromatic heterocycles. The lowest BCUT2D eigenvalue weighted by molar-refractivity contribution is 0.0562. The van der Waals surface area contributed by atoms with E-state index in [9.17, 15) is 4.79 Å². The van der Waals surface area contributed by atoms with Gasteiger partial charge in [-0.15, -0.1) is 0 Å². The van der Waals surface area contributed by atoms with Crippen molar-refractivity contribution in [3.8, 4) is 11.5 Å². The number of rotatable bonds is 2. The highest BCUT2D eigenvalue weighted by atomic mass is 16.7. The first-order chi connectivity index (χ1) is 5.90. The first-order valence-electron chi connectivity index (χ1n) is 3.67. The lowest BCUT2D eigenvalue weighted by Gasteiger charge is -2.03. The van der Waals surface area contributed by atoms with E-state index in [-0.39, 0.29) is 6.42 Å². The summed E-state index contributed by atoms with van der Waals surface area (Å²) in [5.41, 5.74) is 0. The molecule has 0 atom stereocenters. The zero-order valence-electron chi connectivity index (χ0n) is 6.32. The van der Waals surface area contributed by atoms with Gasteiger partial charge >= 0.3 is 0 Å². The van der Waals surface area contributed by atoms with Crippen LogP contribution in [-0.4, -0.2) is 12.6 Å². The molecule has 61 valence electrons. The van der Waals surface area contributed by atoms with E-state index in [2.05, 4.69) is 0 Å². The Balaban J connectivity index is 2.16. The number of ether oxygens (including phenoxy) is 2. The summed E-state index contributed by atoms with van der Waals surface area (Å²) in [7, 11) is 0. The molecule has 2 rings (SSSR count). The summed E-state index contributed by atoms with van der Waals surface area (Å²) in [6, 6.07) is 7.32. The summed E-state index contributed by atoms with van der Waals surface area (Å²) >= 11 is 0. The minimum Gasteiger partial charge on any atom is -0.451 e. The zero-order valence-corrected chi connectivity index (χ0v) is 6.32. The molecule has 0 aliphatic carbocycles. The van der Waals surface area contributed by atoms with Crippen LogP contribution < -0.4 is 9.47 Å². The fourth-order valence-electron chi connectivity index (χ4n) is 1.10. The third-order valence-corrected chi connectivity index (χ3v) is 1.62. The largest absolute Gasteiger partial charge is 0.451 e. The van der Waals surface area contributed by atoms with Gasteiger partial charge in [0.15, 0.2) is 11.5 Å². The summed E-state index contributed by atoms with van der Waals surface area (Å²) in [5.74, 6) is 1.38. The lowest BCUT2D eigenvalue weighted by Crippen LogP contribution is -2.17. The van der Waals surface area contributed by atoms with Gasteiger partial charge in [-0.1, -0.05) is 12.1 Å². The number of hydrogen-bond acceptors (Lipinski definition) is 3. The molecule has 3 heteroatoms. The van der Waals surface area contributed by atoms with Crippen LogP contribution in [0.5, 0.6) is 11.5 Å². The Kier molecular flexibility index (Phi) is 1.70. The predicted octanol–water partition coefficient (Wildman–Crippen LogP) is 1.28. The van der Waals surface area contributed by atoms with Gasteiger partial charge in [0, 0.05) is 0 Å². The van der Waals surface area contributed by atoms with Crippen molar-refractivity contribution in [3.05, 3.63) is 24.3 Å². The summed E-state index contributed by atoms with van der Waals surface area (Å²) in [6.07, 6.45) is 1.41. The fraction of sp³-hybridized carbons (Fsp3) is 0.222. The smallest absolute Gasteiger partial charge is 0.248 e. The van der Waals surface area contributed by atoms with Crippen LogP contribution in [0.25, 0.3) is 0 Å². The maximum atomic E-state index is 10.0. The van der Waals surface area contributed by atoms with Crippen LogP contribution in [0.1, 0.15) is 6.42 Å². The molecule has 1 aromatic carbocycles. The number of hydrogen-bond donors (Lipinski definition) is 0. The Labute approximate surface area is 69.9 Å². The van der Waals surface area contributed by atoms with Crippen LogP contribution in [0.15, 0.2) is 24.3 Å². The highest BCUT2D eigenvalue weighted by Gasteiger charge is 2.22. The average Bonchev–Trinajstić information content (AvgIpc) is 2.47. The molecule has 0 fully saturated rings. The van der Waals surface area contributed by atoms with Crippen LogP contribution in [0.4, 0.5) is 0 Å². The summed E-state index contributed by atoms with van der Waals surface area (Å²) in [6.45, 7) is 0. The SMILES string of the molecule is O=[C]CC1Oc2ccccc2O1. The van der Waals surface area contributed by atoms with Crippen molar-refractivity contribution in [1.29, 1.82) is 0 Å². The zero-order chi connectivity index (χ0) is 8.39. The van der Waals surface area contributed by atoms with E-state index >= 15 is 0 Å². The van der Waals surface area contributed by atoms with Gasteiger partial charge in [-0.3, -0.25) is 4.79 Å². The molecule has 0 spiro atoms. The molecule has 1 aliphatic rings. The second kappa shape index (κ2) is 2.85. The van der Waals surface area contributed by atoms with E-state index in [4.69, 9.17) is 9.47 Å². The highest BCUT2D eigenvalue weighted by molar-refractivity contribution is 5.52. The molecular weight excluding hydrogens is 156 g/mol. The second-order valence-corrected chi connectivity index (χ2v) is 2.46. The molecule has 0 saturated carbocycles. The normalized spacial score (nSPS) is 14.7. The molecule has 3 nitrogen and oxygen atoms in total. The summed E-state index contributed by atoms with van der Waals surface area (Å²) < 4.78 is 10.5. The number of benzene rings is 1. The highest BCUT2D eigenvalue weighted by Crippen LogP contribution is 2.34. The topological polar surface area (TPSA) is 35.5 Å². The molecule has 1 radical (unpaired) electrons. The third kappa shape index (κ3) is 1.13. The molecule has 12 heavy (non-hydrogen) atoms. The third-order valence-electron chi connectivity index (χ3n) is 1.62. The Morgan fingerprint density at radius 2 is 1.83 bits per heavy atom. The molecule has 0 bridgehead atoms. The van der Waals surface area contributed by atoms with Crippen molar-refractivity contribution in [3.63, 3.8) is 0 Å². The van der Waals surface area contributed by atoms with Crippen molar-refractivity contribution >= 4 is 6.29 Å². The standard InChI is InChI=1S/C9H7O3/c10-6-5-9-11-7-3-1-2-4-8(7)12-9/h1-4,9H,5H2. The van der Waals surface area contributed by atoms with Crippen molar-refractivity contribution < 1.29 is 14.3 Å². The summed E-state index contributed by atoms with van der Waals surface area (Å²) in [4.78, 5) is 10.0. The van der Waals surface area contributed by atoms with Crippen molar-refractivity contribution in [1.82, 2.24) is 0 Å². The molecule has 1 aliphatic heterocycles. The van der Waals surface area contributed by atoms with E-state index in [1.807, 2.05) is 12.1 Å². The maximum Gasteiger partial charge on any atom is 0.248 e. The van der Waals surface area contributed by atoms with E-state index < -0.39 is 6.29 Å². The quantitative estimate of drug-likeness (QED) is 0.658. The van der Waals surface area contributed by atoms with Crippen LogP contribution >= 0.6 is 0 Å². The fourth-order valence-corrected chi connectivity index (χ4v) is 1.10. The van der Waals surface area contributed by atoms with Crippen LogP contribution in [0, 0.1) is 0 Å². The Hall–Kier alpha value is -1.51. The van der Waals surface area contributed by atoms with Gasteiger partial charge in [-0.25, -0.2) is 0 Å². The average molecular weight is 163 g/mol. The van der Waals surface area contributed by atoms with Gasteiger partial charge in [0.25, 0.3) is 0 Å². The Morgan fingerprint density at radius 3 is 2.33 bits per heavy atom.